The monoisotopic (exact) mass is 363 g/mol. The van der Waals surface area contributed by atoms with Gasteiger partial charge in [0.15, 0.2) is 0 Å². The molecule has 2 aliphatic heterocycles. The largest absolute Gasteiger partial charge is 0.489 e. The Morgan fingerprint density at radius 1 is 1.27 bits per heavy atom. The first-order chi connectivity index (χ1) is 12.4. The van der Waals surface area contributed by atoms with Crippen LogP contribution in [0, 0.1) is 0 Å². The van der Waals surface area contributed by atoms with Gasteiger partial charge in [0, 0.05) is 37.9 Å². The van der Waals surface area contributed by atoms with Crippen molar-refractivity contribution in [2.24, 2.45) is 0 Å². The molecule has 0 saturated carbocycles. The lowest BCUT2D eigenvalue weighted by atomic mass is 9.89. The van der Waals surface area contributed by atoms with E-state index in [0.717, 1.165) is 30.2 Å². The molecule has 1 fully saturated rings. The molecular weight excluding hydrogens is 343 g/mol. The second kappa shape index (κ2) is 6.46. The molecule has 0 bridgehead atoms. The van der Waals surface area contributed by atoms with Crippen LogP contribution in [0.5, 0.6) is 5.75 Å². The third-order valence-electron chi connectivity index (χ3n) is 5.27. The maximum atomic E-state index is 13.7. The number of nitrogens with zero attached hydrogens (tertiary/aromatic N) is 2. The number of piperidine rings is 1. The van der Waals surface area contributed by atoms with Crippen LogP contribution in [0.2, 0.25) is 0 Å². The zero-order valence-electron chi connectivity index (χ0n) is 14.4. The number of alkyl halides is 3. The number of anilines is 1. The molecule has 4 rings (SSSR count). The van der Waals surface area contributed by atoms with Crippen LogP contribution in [0.25, 0.3) is 0 Å². The van der Waals surface area contributed by atoms with Crippen LogP contribution in [-0.2, 0) is 12.8 Å². The number of pyridine rings is 1. The zero-order valence-corrected chi connectivity index (χ0v) is 14.4. The summed E-state index contributed by atoms with van der Waals surface area (Å²) in [5, 5.41) is 3.30. The summed E-state index contributed by atoms with van der Waals surface area (Å²) in [4.78, 5) is 5.73. The first-order valence-electron chi connectivity index (χ1n) is 8.65. The van der Waals surface area contributed by atoms with Crippen molar-refractivity contribution in [3.05, 3.63) is 53.3 Å². The van der Waals surface area contributed by atoms with Gasteiger partial charge in [-0.15, -0.1) is 0 Å². The summed E-state index contributed by atoms with van der Waals surface area (Å²) in [6.45, 7) is 1.72. The van der Waals surface area contributed by atoms with Crippen molar-refractivity contribution in [3.8, 4) is 5.75 Å². The van der Waals surface area contributed by atoms with Crippen molar-refractivity contribution in [2.45, 2.75) is 31.2 Å². The molecule has 2 aromatic rings. The summed E-state index contributed by atoms with van der Waals surface area (Å²) in [5.41, 5.74) is 1.27. The Morgan fingerprint density at radius 2 is 2.04 bits per heavy atom. The quantitative estimate of drug-likeness (QED) is 0.905. The van der Waals surface area contributed by atoms with Crippen molar-refractivity contribution in [1.82, 2.24) is 10.3 Å². The fraction of sp³-hybridized carbons (Fsp3) is 0.421. The van der Waals surface area contributed by atoms with E-state index in [9.17, 15) is 13.2 Å². The van der Waals surface area contributed by atoms with E-state index in [1.54, 1.807) is 42.5 Å². The van der Waals surface area contributed by atoms with Crippen LogP contribution in [0.1, 0.15) is 29.0 Å². The first kappa shape index (κ1) is 17.1. The summed E-state index contributed by atoms with van der Waals surface area (Å²) in [6.07, 6.45) is -0.318. The van der Waals surface area contributed by atoms with Gasteiger partial charge in [0.25, 0.3) is 0 Å². The summed E-state index contributed by atoms with van der Waals surface area (Å²) in [7, 11) is 1.77. The summed E-state index contributed by atoms with van der Waals surface area (Å²) < 4.78 is 46.9. The van der Waals surface area contributed by atoms with E-state index in [1.807, 2.05) is 0 Å². The van der Waals surface area contributed by atoms with Gasteiger partial charge in [0.2, 0.25) is 0 Å². The molecule has 7 heteroatoms. The fourth-order valence-electron chi connectivity index (χ4n) is 4.04. The second-order valence-corrected chi connectivity index (χ2v) is 6.83. The van der Waals surface area contributed by atoms with Gasteiger partial charge in [0.05, 0.1) is 11.3 Å². The van der Waals surface area contributed by atoms with Crippen LogP contribution in [0.15, 0.2) is 36.7 Å². The number of hydrogen-bond donors (Lipinski definition) is 1. The number of ether oxygens (including phenoxy) is 1. The van der Waals surface area contributed by atoms with E-state index in [1.165, 1.54) is 0 Å². The molecule has 1 aromatic carbocycles. The number of hydrogen-bond acceptors (Lipinski definition) is 4. The summed E-state index contributed by atoms with van der Waals surface area (Å²) in [6, 6.07) is 6.57. The van der Waals surface area contributed by atoms with Crippen molar-refractivity contribution < 1.29 is 17.9 Å². The highest BCUT2D eigenvalue weighted by Crippen LogP contribution is 2.50. The van der Waals surface area contributed by atoms with E-state index in [2.05, 4.69) is 10.3 Å². The highest BCUT2D eigenvalue weighted by Gasteiger charge is 2.45. The van der Waals surface area contributed by atoms with Gasteiger partial charge < -0.3 is 15.0 Å². The van der Waals surface area contributed by atoms with Gasteiger partial charge in [-0.2, -0.15) is 13.2 Å². The fourth-order valence-corrected chi connectivity index (χ4v) is 4.04. The molecule has 138 valence electrons. The Hall–Kier alpha value is -2.28. The zero-order chi connectivity index (χ0) is 18.3. The maximum Gasteiger partial charge on any atom is 0.418 e. The van der Waals surface area contributed by atoms with Gasteiger partial charge in [-0.1, -0.05) is 0 Å². The third-order valence-corrected chi connectivity index (χ3v) is 5.27. The topological polar surface area (TPSA) is 37.4 Å². The van der Waals surface area contributed by atoms with Crippen LogP contribution >= 0.6 is 0 Å². The molecule has 3 heterocycles. The number of halogens is 3. The van der Waals surface area contributed by atoms with E-state index >= 15 is 0 Å². The van der Waals surface area contributed by atoms with Crippen molar-refractivity contribution in [3.63, 3.8) is 0 Å². The molecule has 2 aliphatic rings. The maximum absolute atomic E-state index is 13.7. The first-order valence-corrected chi connectivity index (χ1v) is 8.65. The molecule has 1 N–H and O–H groups in total. The van der Waals surface area contributed by atoms with Crippen molar-refractivity contribution in [2.75, 3.05) is 25.0 Å². The van der Waals surface area contributed by atoms with Crippen molar-refractivity contribution in [1.29, 1.82) is 0 Å². The Labute approximate surface area is 150 Å². The van der Waals surface area contributed by atoms with Gasteiger partial charge in [0.1, 0.15) is 12.4 Å². The van der Waals surface area contributed by atoms with Crippen LogP contribution in [-0.4, -0.2) is 31.2 Å². The predicted molar refractivity (Wildman–Crippen MR) is 92.4 cm³/mol. The number of fused-ring (bicyclic) bond motifs is 3. The van der Waals surface area contributed by atoms with E-state index < -0.39 is 11.7 Å². The summed E-state index contributed by atoms with van der Waals surface area (Å²) >= 11 is 0. The highest BCUT2D eigenvalue weighted by molar-refractivity contribution is 5.69. The Morgan fingerprint density at radius 3 is 2.77 bits per heavy atom. The van der Waals surface area contributed by atoms with Gasteiger partial charge >= 0.3 is 6.18 Å². The molecule has 0 amide bonds. The van der Waals surface area contributed by atoms with Crippen LogP contribution < -0.4 is 15.0 Å². The van der Waals surface area contributed by atoms with E-state index in [0.29, 0.717) is 12.2 Å². The minimum absolute atomic E-state index is 0.0503. The lowest BCUT2D eigenvalue weighted by molar-refractivity contribution is -0.137. The normalized spacial score (nSPS) is 22.1. The van der Waals surface area contributed by atoms with E-state index in [4.69, 9.17) is 4.74 Å². The molecule has 1 aromatic heterocycles. The van der Waals surface area contributed by atoms with E-state index in [-0.39, 0.29) is 24.3 Å². The van der Waals surface area contributed by atoms with Crippen LogP contribution in [0.3, 0.4) is 0 Å². The number of rotatable bonds is 3. The average Bonchev–Trinajstić information content (AvgIpc) is 2.92. The molecule has 26 heavy (non-hydrogen) atoms. The molecule has 0 spiro atoms. The molecule has 1 saturated heterocycles. The molecule has 4 nitrogen and oxygen atoms in total. The Balaban J connectivity index is 1.71. The lowest BCUT2D eigenvalue weighted by Crippen LogP contribution is -2.42. The van der Waals surface area contributed by atoms with Gasteiger partial charge in [-0.25, -0.2) is 0 Å². The lowest BCUT2D eigenvalue weighted by Gasteiger charge is -2.31. The Kier molecular flexibility index (Phi) is 4.26. The number of benzene rings is 1. The molecule has 1 unspecified atom stereocenters. The average molecular weight is 363 g/mol. The predicted octanol–water partition coefficient (Wildman–Crippen LogP) is 3.57. The highest BCUT2D eigenvalue weighted by atomic mass is 19.4. The molecule has 0 aliphatic carbocycles. The van der Waals surface area contributed by atoms with Crippen molar-refractivity contribution >= 4 is 5.69 Å². The van der Waals surface area contributed by atoms with Gasteiger partial charge in [-0.05, 0) is 48.4 Å². The minimum Gasteiger partial charge on any atom is -0.489 e. The van der Waals surface area contributed by atoms with Gasteiger partial charge in [-0.3, -0.25) is 4.98 Å². The standard InChI is InChI=1S/C19H20F3N3O/c1-25-17-4-7-24-10-15(17)14-8-13(9-16(18(14)25)19(20,21)22)26-11-12-2-5-23-6-3-12/h2-3,5-6,8-9,15,17,24H,4,7,10-11H2,1H3/t15?,17-/m0/s1. The SMILES string of the molecule is CN1c2c(cc(OCc3ccncc3)cc2C(F)(F)F)C2CNCC[C@@H]21. The summed E-state index contributed by atoms with van der Waals surface area (Å²) in [5.74, 6) is 0.307. The molecular formula is C19H20F3N3O. The van der Waals surface area contributed by atoms with Crippen LogP contribution in [0.4, 0.5) is 18.9 Å². The third kappa shape index (κ3) is 3.00. The number of likely N-dealkylation sites (N-methyl/N-ethyl adjacent to an activating group) is 1. The minimum atomic E-state index is -4.42. The number of aromatic nitrogens is 1. The second-order valence-electron chi connectivity index (χ2n) is 6.83. The Bertz CT molecular complexity index is 795. The smallest absolute Gasteiger partial charge is 0.418 e. The molecule has 2 atom stereocenters. The molecule has 0 radical (unpaired) electrons. The number of nitrogens with one attached hydrogen (secondary N) is 1.